The maximum absolute atomic E-state index is 12.3. The Morgan fingerprint density at radius 3 is 2.59 bits per heavy atom. The zero-order chi connectivity index (χ0) is 16.1. The fraction of sp³-hybridized carbons (Fsp3) is 0.375. The van der Waals surface area contributed by atoms with Gasteiger partial charge >= 0.3 is 0 Å². The van der Waals surface area contributed by atoms with E-state index in [0.29, 0.717) is 11.4 Å². The third-order valence-electron chi connectivity index (χ3n) is 3.11. The van der Waals surface area contributed by atoms with Crippen molar-refractivity contribution in [3.8, 4) is 5.75 Å². The summed E-state index contributed by atoms with van der Waals surface area (Å²) < 4.78 is 5.12. The summed E-state index contributed by atoms with van der Waals surface area (Å²) in [7, 11) is 5.61. The van der Waals surface area contributed by atoms with Crippen molar-refractivity contribution in [2.24, 2.45) is 0 Å². The molecule has 0 bridgehead atoms. The Morgan fingerprint density at radius 2 is 2.00 bits per heavy atom. The normalized spacial score (nSPS) is 10.8. The van der Waals surface area contributed by atoms with E-state index in [0.717, 1.165) is 28.6 Å². The van der Waals surface area contributed by atoms with Crippen molar-refractivity contribution < 1.29 is 9.53 Å². The molecule has 1 aromatic heterocycles. The molecule has 2 aromatic rings. The van der Waals surface area contributed by atoms with Crippen LogP contribution in [0.1, 0.15) is 25.9 Å². The summed E-state index contributed by atoms with van der Waals surface area (Å²) in [5, 5.41) is 3.89. The van der Waals surface area contributed by atoms with Crippen LogP contribution < -0.4 is 10.1 Å². The summed E-state index contributed by atoms with van der Waals surface area (Å²) in [6.07, 6.45) is 0. The largest absolute Gasteiger partial charge is 0.497 e. The van der Waals surface area contributed by atoms with E-state index in [1.54, 1.807) is 7.11 Å². The van der Waals surface area contributed by atoms with E-state index in [4.69, 9.17) is 4.74 Å². The monoisotopic (exact) mass is 319 g/mol. The fourth-order valence-electron chi connectivity index (χ4n) is 2.01. The number of carbonyl (C=O) groups is 1. The number of aryl methyl sites for hydroxylation is 1. The minimum Gasteiger partial charge on any atom is -0.497 e. The molecule has 0 aliphatic rings. The lowest BCUT2D eigenvalue weighted by molar-refractivity contribution is 0.0954. The second kappa shape index (κ2) is 7.38. The van der Waals surface area contributed by atoms with Crippen LogP contribution in [0.4, 0.5) is 0 Å². The summed E-state index contributed by atoms with van der Waals surface area (Å²) >= 11 is 1.45. The predicted molar refractivity (Wildman–Crippen MR) is 88.4 cm³/mol. The third kappa shape index (κ3) is 4.29. The molecular weight excluding hydrogens is 298 g/mol. The topological polar surface area (TPSA) is 54.5 Å². The van der Waals surface area contributed by atoms with Gasteiger partial charge in [-0.1, -0.05) is 12.1 Å². The average Bonchev–Trinajstić information content (AvgIpc) is 2.85. The van der Waals surface area contributed by atoms with Crippen LogP contribution in [0.2, 0.25) is 0 Å². The van der Waals surface area contributed by atoms with Crippen molar-refractivity contribution in [2.75, 3.05) is 21.2 Å². The van der Waals surface area contributed by atoms with E-state index in [-0.39, 0.29) is 5.91 Å². The van der Waals surface area contributed by atoms with Crippen LogP contribution in [0.15, 0.2) is 24.3 Å². The first-order valence-corrected chi connectivity index (χ1v) is 7.83. The van der Waals surface area contributed by atoms with Crippen molar-refractivity contribution in [2.45, 2.75) is 20.0 Å². The van der Waals surface area contributed by atoms with Gasteiger partial charge in [-0.05, 0) is 38.7 Å². The molecular formula is C16H21N3O2S. The maximum atomic E-state index is 12.3. The molecule has 0 saturated heterocycles. The molecule has 6 heteroatoms. The van der Waals surface area contributed by atoms with E-state index < -0.39 is 0 Å². The highest BCUT2D eigenvalue weighted by Crippen LogP contribution is 2.19. The molecule has 0 fully saturated rings. The lowest BCUT2D eigenvalue weighted by atomic mass is 10.2. The van der Waals surface area contributed by atoms with Gasteiger partial charge in [0, 0.05) is 13.1 Å². The third-order valence-corrected chi connectivity index (χ3v) is 4.25. The molecule has 0 atom stereocenters. The molecule has 1 heterocycles. The first kappa shape index (κ1) is 16.5. The molecule has 0 aliphatic heterocycles. The van der Waals surface area contributed by atoms with Gasteiger partial charge < -0.3 is 15.0 Å². The number of thiazole rings is 1. The zero-order valence-corrected chi connectivity index (χ0v) is 14.2. The Kier molecular flexibility index (Phi) is 5.51. The standard InChI is InChI=1S/C16H21N3O2S/c1-11-15(22-14(18-11)10-19(2)3)16(20)17-9-12-5-7-13(21-4)8-6-12/h5-8H,9-10H2,1-4H3,(H,17,20). The smallest absolute Gasteiger partial charge is 0.263 e. The molecule has 0 aliphatic carbocycles. The van der Waals surface area contributed by atoms with Gasteiger partial charge in [-0.25, -0.2) is 4.98 Å². The number of amides is 1. The quantitative estimate of drug-likeness (QED) is 0.888. The maximum Gasteiger partial charge on any atom is 0.263 e. The molecule has 2 rings (SSSR count). The van der Waals surface area contributed by atoms with Crippen LogP contribution in [0.5, 0.6) is 5.75 Å². The van der Waals surface area contributed by atoms with Gasteiger partial charge in [0.1, 0.15) is 15.6 Å². The van der Waals surface area contributed by atoms with E-state index >= 15 is 0 Å². The highest BCUT2D eigenvalue weighted by atomic mass is 32.1. The van der Waals surface area contributed by atoms with E-state index in [2.05, 4.69) is 10.3 Å². The van der Waals surface area contributed by atoms with Gasteiger partial charge in [-0.3, -0.25) is 4.79 Å². The van der Waals surface area contributed by atoms with Crippen LogP contribution in [0.3, 0.4) is 0 Å². The number of nitrogens with one attached hydrogen (secondary N) is 1. The second-order valence-electron chi connectivity index (χ2n) is 5.29. The number of rotatable bonds is 6. The number of methoxy groups -OCH3 is 1. The summed E-state index contributed by atoms with van der Waals surface area (Å²) in [6.45, 7) is 3.11. The van der Waals surface area contributed by atoms with Crippen LogP contribution in [0, 0.1) is 6.92 Å². The lowest BCUT2D eigenvalue weighted by Gasteiger charge is -2.06. The van der Waals surface area contributed by atoms with Crippen LogP contribution in [-0.2, 0) is 13.1 Å². The van der Waals surface area contributed by atoms with E-state index in [1.807, 2.05) is 50.2 Å². The predicted octanol–water partition coefficient (Wildman–Crippen LogP) is 2.45. The van der Waals surface area contributed by atoms with Gasteiger partial charge in [0.25, 0.3) is 5.91 Å². The van der Waals surface area contributed by atoms with Crippen LogP contribution in [-0.4, -0.2) is 37.0 Å². The first-order valence-electron chi connectivity index (χ1n) is 7.01. The van der Waals surface area contributed by atoms with Crippen molar-refractivity contribution >= 4 is 17.2 Å². The van der Waals surface area contributed by atoms with Crippen molar-refractivity contribution in [3.05, 3.63) is 45.4 Å². The zero-order valence-electron chi connectivity index (χ0n) is 13.3. The SMILES string of the molecule is COc1ccc(CNC(=O)c2sc(CN(C)C)nc2C)cc1. The number of hydrogen-bond donors (Lipinski definition) is 1. The summed E-state index contributed by atoms with van der Waals surface area (Å²) in [5.74, 6) is 0.734. The van der Waals surface area contributed by atoms with E-state index in [1.165, 1.54) is 11.3 Å². The fourth-order valence-corrected chi connectivity index (χ4v) is 3.11. The van der Waals surface area contributed by atoms with Gasteiger partial charge in [-0.15, -0.1) is 11.3 Å². The van der Waals surface area contributed by atoms with Gasteiger partial charge in [0.2, 0.25) is 0 Å². The molecule has 0 spiro atoms. The number of benzene rings is 1. The Balaban J connectivity index is 1.98. The summed E-state index contributed by atoms with van der Waals surface area (Å²) in [6, 6.07) is 7.65. The number of aromatic nitrogens is 1. The summed E-state index contributed by atoms with van der Waals surface area (Å²) in [4.78, 5) is 19.5. The molecule has 1 aromatic carbocycles. The van der Waals surface area contributed by atoms with Crippen LogP contribution >= 0.6 is 11.3 Å². The van der Waals surface area contributed by atoms with Crippen LogP contribution in [0.25, 0.3) is 0 Å². The molecule has 22 heavy (non-hydrogen) atoms. The Morgan fingerprint density at radius 1 is 1.32 bits per heavy atom. The number of ether oxygens (including phenoxy) is 1. The van der Waals surface area contributed by atoms with Crippen molar-refractivity contribution in [1.29, 1.82) is 0 Å². The Labute approximate surface area is 134 Å². The molecule has 5 nitrogen and oxygen atoms in total. The molecule has 0 unspecified atom stereocenters. The summed E-state index contributed by atoms with van der Waals surface area (Å²) in [5.41, 5.74) is 1.82. The molecule has 0 radical (unpaired) electrons. The van der Waals surface area contributed by atoms with Gasteiger partial charge in [-0.2, -0.15) is 0 Å². The van der Waals surface area contributed by atoms with Gasteiger partial charge in [0.15, 0.2) is 0 Å². The Bertz CT molecular complexity index is 635. The lowest BCUT2D eigenvalue weighted by Crippen LogP contribution is -2.22. The number of hydrogen-bond acceptors (Lipinski definition) is 5. The van der Waals surface area contributed by atoms with Crippen molar-refractivity contribution in [1.82, 2.24) is 15.2 Å². The molecule has 1 amide bonds. The van der Waals surface area contributed by atoms with Crippen molar-refractivity contribution in [3.63, 3.8) is 0 Å². The second-order valence-corrected chi connectivity index (χ2v) is 6.37. The van der Waals surface area contributed by atoms with Gasteiger partial charge in [0.05, 0.1) is 12.8 Å². The highest BCUT2D eigenvalue weighted by molar-refractivity contribution is 7.13. The number of nitrogens with zero attached hydrogens (tertiary/aromatic N) is 2. The highest BCUT2D eigenvalue weighted by Gasteiger charge is 2.15. The molecule has 1 N–H and O–H groups in total. The molecule has 0 saturated carbocycles. The number of carbonyl (C=O) groups excluding carboxylic acids is 1. The van der Waals surface area contributed by atoms with E-state index in [9.17, 15) is 4.79 Å². The first-order chi connectivity index (χ1) is 10.5. The minimum absolute atomic E-state index is 0.0733. The molecule has 118 valence electrons. The Hall–Kier alpha value is -1.92. The average molecular weight is 319 g/mol. The minimum atomic E-state index is -0.0733.